The van der Waals surface area contributed by atoms with Gasteiger partial charge in [-0.3, -0.25) is 9.59 Å². The van der Waals surface area contributed by atoms with Gasteiger partial charge in [-0.25, -0.2) is 0 Å². The monoisotopic (exact) mass is 344 g/mol. The smallest absolute Gasteiger partial charge is 0.234 e. The summed E-state index contributed by atoms with van der Waals surface area (Å²) in [4.78, 5) is 24.0. The van der Waals surface area contributed by atoms with Gasteiger partial charge in [0, 0.05) is 23.2 Å². The Bertz CT molecular complexity index is 684. The number of carbonyl (C=O) groups is 2. The highest BCUT2D eigenvalue weighted by Gasteiger charge is 2.05. The van der Waals surface area contributed by atoms with Crippen LogP contribution >= 0.6 is 11.8 Å². The van der Waals surface area contributed by atoms with Crippen LogP contribution in [0.2, 0.25) is 0 Å². The van der Waals surface area contributed by atoms with Gasteiger partial charge < -0.3 is 15.4 Å². The van der Waals surface area contributed by atoms with Crippen molar-refractivity contribution < 1.29 is 14.3 Å². The standard InChI is InChI=1S/C18H20N2O3S/c1-3-23-16-8-10-17(11-9-16)24-12-18(22)20-15-6-4-14(5-7-15)19-13(2)21/h4-11H,3,12H2,1-2H3,(H,19,21)(H,20,22). The maximum atomic E-state index is 12.0. The fourth-order valence-corrected chi connectivity index (χ4v) is 2.68. The number of rotatable bonds is 7. The Kier molecular flexibility index (Phi) is 6.69. The van der Waals surface area contributed by atoms with Crippen LogP contribution in [0, 0.1) is 0 Å². The molecule has 0 aliphatic rings. The molecular formula is C18H20N2O3S. The molecule has 0 aliphatic heterocycles. The summed E-state index contributed by atoms with van der Waals surface area (Å²) >= 11 is 1.46. The average molecular weight is 344 g/mol. The Labute approximate surface area is 145 Å². The van der Waals surface area contributed by atoms with Crippen LogP contribution in [0.5, 0.6) is 5.75 Å². The second kappa shape index (κ2) is 8.98. The van der Waals surface area contributed by atoms with Crippen LogP contribution < -0.4 is 15.4 Å². The molecule has 0 saturated carbocycles. The van der Waals surface area contributed by atoms with Crippen LogP contribution in [-0.2, 0) is 9.59 Å². The van der Waals surface area contributed by atoms with Crippen molar-refractivity contribution in [3.63, 3.8) is 0 Å². The van der Waals surface area contributed by atoms with E-state index in [1.165, 1.54) is 18.7 Å². The van der Waals surface area contributed by atoms with Crippen LogP contribution in [-0.4, -0.2) is 24.2 Å². The van der Waals surface area contributed by atoms with Crippen LogP contribution in [0.25, 0.3) is 0 Å². The number of amides is 2. The van der Waals surface area contributed by atoms with Gasteiger partial charge in [0.15, 0.2) is 0 Å². The van der Waals surface area contributed by atoms with E-state index in [0.29, 0.717) is 23.7 Å². The fourth-order valence-electron chi connectivity index (χ4n) is 1.98. The van der Waals surface area contributed by atoms with Gasteiger partial charge in [0.25, 0.3) is 0 Å². The number of nitrogens with one attached hydrogen (secondary N) is 2. The Morgan fingerprint density at radius 1 is 0.958 bits per heavy atom. The molecule has 6 heteroatoms. The topological polar surface area (TPSA) is 67.4 Å². The largest absolute Gasteiger partial charge is 0.494 e. The first-order valence-corrected chi connectivity index (χ1v) is 8.58. The molecule has 0 bridgehead atoms. The molecule has 0 spiro atoms. The third-order valence-electron chi connectivity index (χ3n) is 2.99. The van der Waals surface area contributed by atoms with E-state index in [9.17, 15) is 9.59 Å². The molecule has 2 aromatic rings. The van der Waals surface area contributed by atoms with Crippen molar-refractivity contribution >= 4 is 35.0 Å². The molecule has 2 amide bonds. The lowest BCUT2D eigenvalue weighted by Crippen LogP contribution is -2.14. The predicted octanol–water partition coefficient (Wildman–Crippen LogP) is 3.77. The number of thioether (sulfide) groups is 1. The molecule has 24 heavy (non-hydrogen) atoms. The van der Waals surface area contributed by atoms with Gasteiger partial charge in [0.05, 0.1) is 12.4 Å². The SMILES string of the molecule is CCOc1ccc(SCC(=O)Nc2ccc(NC(C)=O)cc2)cc1. The maximum absolute atomic E-state index is 12.0. The molecule has 0 aliphatic carbocycles. The third-order valence-corrected chi connectivity index (χ3v) is 4.01. The van der Waals surface area contributed by atoms with E-state index in [1.54, 1.807) is 24.3 Å². The summed E-state index contributed by atoms with van der Waals surface area (Å²) < 4.78 is 5.38. The summed E-state index contributed by atoms with van der Waals surface area (Å²) in [5, 5.41) is 5.51. The van der Waals surface area contributed by atoms with Crippen molar-refractivity contribution in [2.24, 2.45) is 0 Å². The highest BCUT2D eigenvalue weighted by Crippen LogP contribution is 2.22. The van der Waals surface area contributed by atoms with E-state index in [-0.39, 0.29) is 11.8 Å². The molecule has 2 N–H and O–H groups in total. The first-order chi connectivity index (χ1) is 11.6. The Morgan fingerprint density at radius 2 is 1.54 bits per heavy atom. The third kappa shape index (κ3) is 5.96. The Hall–Kier alpha value is -2.47. The summed E-state index contributed by atoms with van der Waals surface area (Å²) in [5.74, 6) is 0.937. The molecule has 5 nitrogen and oxygen atoms in total. The summed E-state index contributed by atoms with van der Waals surface area (Å²) in [6.45, 7) is 4.03. The number of carbonyl (C=O) groups excluding carboxylic acids is 2. The van der Waals surface area contributed by atoms with Gasteiger partial charge in [-0.15, -0.1) is 11.8 Å². The molecule has 0 aromatic heterocycles. The highest BCUT2D eigenvalue weighted by atomic mass is 32.2. The van der Waals surface area contributed by atoms with E-state index in [2.05, 4.69) is 10.6 Å². The van der Waals surface area contributed by atoms with Crippen LogP contribution in [0.15, 0.2) is 53.4 Å². The van der Waals surface area contributed by atoms with Gasteiger partial charge in [-0.05, 0) is 55.5 Å². The second-order valence-electron chi connectivity index (χ2n) is 5.00. The molecule has 126 valence electrons. The van der Waals surface area contributed by atoms with Crippen LogP contribution in [0.4, 0.5) is 11.4 Å². The minimum absolute atomic E-state index is 0.0823. The minimum Gasteiger partial charge on any atom is -0.494 e. The lowest BCUT2D eigenvalue weighted by Gasteiger charge is -2.07. The number of hydrogen-bond acceptors (Lipinski definition) is 4. The Balaban J connectivity index is 1.81. The predicted molar refractivity (Wildman–Crippen MR) is 97.7 cm³/mol. The minimum atomic E-state index is -0.126. The summed E-state index contributed by atoms with van der Waals surface area (Å²) in [5.41, 5.74) is 1.39. The van der Waals surface area contributed by atoms with Crippen molar-refractivity contribution in [2.75, 3.05) is 23.0 Å². The van der Waals surface area contributed by atoms with Gasteiger partial charge in [0.2, 0.25) is 11.8 Å². The summed E-state index contributed by atoms with van der Waals surface area (Å²) in [6, 6.07) is 14.7. The van der Waals surface area contributed by atoms with Gasteiger partial charge in [-0.1, -0.05) is 0 Å². The zero-order valence-electron chi connectivity index (χ0n) is 13.7. The average Bonchev–Trinajstić information content (AvgIpc) is 2.56. The molecule has 0 radical (unpaired) electrons. The first kappa shape index (κ1) is 17.9. The maximum Gasteiger partial charge on any atom is 0.234 e. The van der Waals surface area contributed by atoms with E-state index in [0.717, 1.165) is 10.6 Å². The van der Waals surface area contributed by atoms with Crippen molar-refractivity contribution in [1.29, 1.82) is 0 Å². The van der Waals surface area contributed by atoms with Gasteiger partial charge in [0.1, 0.15) is 5.75 Å². The Morgan fingerprint density at radius 3 is 2.08 bits per heavy atom. The number of hydrogen-bond donors (Lipinski definition) is 2. The molecule has 2 rings (SSSR count). The normalized spacial score (nSPS) is 10.1. The zero-order chi connectivity index (χ0) is 17.4. The lowest BCUT2D eigenvalue weighted by atomic mass is 10.3. The molecule has 2 aromatic carbocycles. The molecule has 0 heterocycles. The van der Waals surface area contributed by atoms with Gasteiger partial charge >= 0.3 is 0 Å². The number of benzene rings is 2. The molecule has 0 saturated heterocycles. The quantitative estimate of drug-likeness (QED) is 0.750. The first-order valence-electron chi connectivity index (χ1n) is 7.60. The summed E-state index contributed by atoms with van der Waals surface area (Å²) in [6.07, 6.45) is 0. The molecular weight excluding hydrogens is 324 g/mol. The highest BCUT2D eigenvalue weighted by molar-refractivity contribution is 8.00. The number of anilines is 2. The van der Waals surface area contributed by atoms with E-state index >= 15 is 0 Å². The van der Waals surface area contributed by atoms with Gasteiger partial charge in [-0.2, -0.15) is 0 Å². The molecule has 0 unspecified atom stereocenters. The summed E-state index contributed by atoms with van der Waals surface area (Å²) in [7, 11) is 0. The van der Waals surface area contributed by atoms with E-state index in [4.69, 9.17) is 4.74 Å². The van der Waals surface area contributed by atoms with Crippen molar-refractivity contribution in [3.8, 4) is 5.75 Å². The molecule has 0 atom stereocenters. The van der Waals surface area contributed by atoms with E-state index < -0.39 is 0 Å². The van der Waals surface area contributed by atoms with Crippen molar-refractivity contribution in [2.45, 2.75) is 18.7 Å². The molecule has 0 fully saturated rings. The second-order valence-corrected chi connectivity index (χ2v) is 6.05. The fraction of sp³-hybridized carbons (Fsp3) is 0.222. The van der Waals surface area contributed by atoms with Crippen LogP contribution in [0.1, 0.15) is 13.8 Å². The van der Waals surface area contributed by atoms with Crippen molar-refractivity contribution in [3.05, 3.63) is 48.5 Å². The zero-order valence-corrected chi connectivity index (χ0v) is 14.5. The van der Waals surface area contributed by atoms with Crippen molar-refractivity contribution in [1.82, 2.24) is 0 Å². The number of ether oxygens (including phenoxy) is 1. The van der Waals surface area contributed by atoms with Crippen LogP contribution in [0.3, 0.4) is 0 Å². The van der Waals surface area contributed by atoms with E-state index in [1.807, 2.05) is 31.2 Å². The lowest BCUT2D eigenvalue weighted by molar-refractivity contribution is -0.114.